The van der Waals surface area contributed by atoms with Gasteiger partial charge in [-0.1, -0.05) is 18.2 Å². The van der Waals surface area contributed by atoms with Gasteiger partial charge in [0, 0.05) is 18.2 Å². The number of ether oxygens (including phenoxy) is 2. The average Bonchev–Trinajstić information content (AvgIpc) is 2.47. The molecule has 0 spiro atoms. The molecule has 0 saturated carbocycles. The highest BCUT2D eigenvalue weighted by Gasteiger charge is 2.11. The maximum Gasteiger partial charge on any atom is 0.387 e. The second-order valence-electron chi connectivity index (χ2n) is 4.22. The van der Waals surface area contributed by atoms with Gasteiger partial charge < -0.3 is 19.9 Å². The molecule has 21 heavy (non-hydrogen) atoms. The van der Waals surface area contributed by atoms with Crippen molar-refractivity contribution in [2.24, 2.45) is 0 Å². The summed E-state index contributed by atoms with van der Waals surface area (Å²) in [5.41, 5.74) is 1.00. The number of phenolic OH excluding ortho intramolecular Hbond substituents is 1. The molecule has 0 radical (unpaired) electrons. The van der Waals surface area contributed by atoms with E-state index < -0.39 is 6.61 Å². The lowest BCUT2D eigenvalue weighted by Gasteiger charge is -2.14. The Balaban J connectivity index is 2.18. The van der Waals surface area contributed by atoms with Crippen LogP contribution in [0, 0.1) is 0 Å². The Morgan fingerprint density at radius 3 is 2.62 bits per heavy atom. The SMILES string of the molecule is COc1ccc(OC(F)F)c(NCc2ccccc2O)c1. The summed E-state index contributed by atoms with van der Waals surface area (Å²) in [6, 6.07) is 11.3. The number of phenols is 1. The molecule has 0 unspecified atom stereocenters. The fraction of sp³-hybridized carbons (Fsp3) is 0.200. The predicted molar refractivity (Wildman–Crippen MR) is 75.1 cm³/mol. The van der Waals surface area contributed by atoms with E-state index in [0.29, 0.717) is 17.0 Å². The minimum atomic E-state index is -2.91. The Bertz CT molecular complexity index is 605. The maximum absolute atomic E-state index is 12.4. The second-order valence-corrected chi connectivity index (χ2v) is 4.22. The zero-order valence-electron chi connectivity index (χ0n) is 11.3. The van der Waals surface area contributed by atoms with Crippen LogP contribution in [-0.4, -0.2) is 18.8 Å². The molecule has 0 atom stereocenters. The van der Waals surface area contributed by atoms with Crippen molar-refractivity contribution in [2.45, 2.75) is 13.2 Å². The Labute approximate surface area is 120 Å². The van der Waals surface area contributed by atoms with Crippen molar-refractivity contribution >= 4 is 5.69 Å². The van der Waals surface area contributed by atoms with Gasteiger partial charge in [0.25, 0.3) is 0 Å². The first kappa shape index (κ1) is 14.9. The third kappa shape index (κ3) is 3.98. The van der Waals surface area contributed by atoms with Crippen LogP contribution < -0.4 is 14.8 Å². The van der Waals surface area contributed by atoms with Crippen molar-refractivity contribution in [1.82, 2.24) is 0 Å². The normalized spacial score (nSPS) is 10.5. The molecule has 0 aromatic heterocycles. The maximum atomic E-state index is 12.4. The standard InChI is InChI=1S/C15H15F2NO3/c1-20-11-6-7-14(21-15(16)17)12(8-11)18-9-10-4-2-3-5-13(10)19/h2-8,15,18-19H,9H2,1H3. The third-order valence-electron chi connectivity index (χ3n) is 2.86. The van der Waals surface area contributed by atoms with Gasteiger partial charge >= 0.3 is 6.61 Å². The monoisotopic (exact) mass is 295 g/mol. The smallest absolute Gasteiger partial charge is 0.387 e. The van der Waals surface area contributed by atoms with E-state index in [1.807, 2.05) is 0 Å². The van der Waals surface area contributed by atoms with Crippen LogP contribution >= 0.6 is 0 Å². The molecule has 6 heteroatoms. The largest absolute Gasteiger partial charge is 0.508 e. The Morgan fingerprint density at radius 1 is 1.19 bits per heavy atom. The summed E-state index contributed by atoms with van der Waals surface area (Å²) in [5.74, 6) is 0.654. The molecular weight excluding hydrogens is 280 g/mol. The highest BCUT2D eigenvalue weighted by atomic mass is 19.3. The summed E-state index contributed by atoms with van der Waals surface area (Å²) in [7, 11) is 1.48. The molecule has 112 valence electrons. The van der Waals surface area contributed by atoms with E-state index in [0.717, 1.165) is 0 Å². The molecule has 0 amide bonds. The molecule has 0 aliphatic heterocycles. The topological polar surface area (TPSA) is 50.7 Å². The van der Waals surface area contributed by atoms with E-state index in [2.05, 4.69) is 10.1 Å². The number of rotatable bonds is 6. The number of methoxy groups -OCH3 is 1. The van der Waals surface area contributed by atoms with E-state index in [1.54, 1.807) is 30.3 Å². The number of alkyl halides is 2. The van der Waals surface area contributed by atoms with E-state index in [9.17, 15) is 13.9 Å². The number of anilines is 1. The van der Waals surface area contributed by atoms with Crippen molar-refractivity contribution in [3.8, 4) is 17.2 Å². The number of nitrogens with one attached hydrogen (secondary N) is 1. The van der Waals surface area contributed by atoms with Gasteiger partial charge in [0.05, 0.1) is 12.8 Å². The van der Waals surface area contributed by atoms with E-state index in [-0.39, 0.29) is 18.0 Å². The Kier molecular flexibility index (Phi) is 4.81. The van der Waals surface area contributed by atoms with E-state index in [4.69, 9.17) is 4.74 Å². The van der Waals surface area contributed by atoms with Crippen LogP contribution in [0.4, 0.5) is 14.5 Å². The Morgan fingerprint density at radius 2 is 1.95 bits per heavy atom. The summed E-state index contributed by atoms with van der Waals surface area (Å²) >= 11 is 0. The van der Waals surface area contributed by atoms with Crippen LogP contribution in [-0.2, 0) is 6.54 Å². The zero-order chi connectivity index (χ0) is 15.2. The molecule has 0 heterocycles. The third-order valence-corrected chi connectivity index (χ3v) is 2.86. The van der Waals surface area contributed by atoms with Crippen molar-refractivity contribution < 1.29 is 23.4 Å². The molecule has 0 aliphatic carbocycles. The molecule has 0 saturated heterocycles. The van der Waals surface area contributed by atoms with Crippen molar-refractivity contribution in [3.05, 3.63) is 48.0 Å². The first-order valence-electron chi connectivity index (χ1n) is 6.23. The molecule has 2 rings (SSSR count). The van der Waals surface area contributed by atoms with Gasteiger partial charge in [-0.15, -0.1) is 0 Å². The van der Waals surface area contributed by atoms with Gasteiger partial charge in [-0.2, -0.15) is 8.78 Å². The number of halogens is 2. The molecule has 0 aliphatic rings. The van der Waals surface area contributed by atoms with Crippen molar-refractivity contribution in [1.29, 1.82) is 0 Å². The van der Waals surface area contributed by atoms with E-state index in [1.165, 1.54) is 19.2 Å². The van der Waals surface area contributed by atoms with Gasteiger partial charge in [0.15, 0.2) is 0 Å². The van der Waals surface area contributed by atoms with Gasteiger partial charge in [-0.05, 0) is 18.2 Å². The first-order valence-corrected chi connectivity index (χ1v) is 6.23. The van der Waals surface area contributed by atoms with Gasteiger partial charge in [-0.3, -0.25) is 0 Å². The van der Waals surface area contributed by atoms with Crippen LogP contribution in [0.3, 0.4) is 0 Å². The van der Waals surface area contributed by atoms with Crippen LogP contribution in [0.5, 0.6) is 17.2 Å². The number of hydrogen-bond acceptors (Lipinski definition) is 4. The summed E-state index contributed by atoms with van der Waals surface area (Å²) in [5, 5.41) is 12.6. The molecule has 4 nitrogen and oxygen atoms in total. The number of hydrogen-bond donors (Lipinski definition) is 2. The average molecular weight is 295 g/mol. The van der Waals surface area contributed by atoms with Gasteiger partial charge in [0.2, 0.25) is 0 Å². The Hall–Kier alpha value is -2.50. The molecule has 0 bridgehead atoms. The summed E-state index contributed by atoms with van der Waals surface area (Å²) < 4.78 is 34.3. The number of para-hydroxylation sites is 1. The van der Waals surface area contributed by atoms with Crippen LogP contribution in [0.25, 0.3) is 0 Å². The molecular formula is C15H15F2NO3. The number of aromatic hydroxyl groups is 1. The minimum absolute atomic E-state index is 0.0150. The first-order chi connectivity index (χ1) is 10.1. The summed E-state index contributed by atoms with van der Waals surface area (Å²) in [6.07, 6.45) is 0. The highest BCUT2D eigenvalue weighted by Crippen LogP contribution is 2.31. The quantitative estimate of drug-likeness (QED) is 0.854. The van der Waals surface area contributed by atoms with Crippen LogP contribution in [0.15, 0.2) is 42.5 Å². The summed E-state index contributed by atoms with van der Waals surface area (Å²) in [6.45, 7) is -2.65. The lowest BCUT2D eigenvalue weighted by atomic mass is 10.2. The predicted octanol–water partition coefficient (Wildman–Crippen LogP) is 3.61. The molecule has 2 aromatic rings. The lowest BCUT2D eigenvalue weighted by Crippen LogP contribution is -2.07. The highest BCUT2D eigenvalue weighted by molar-refractivity contribution is 5.60. The van der Waals surface area contributed by atoms with Gasteiger partial charge in [-0.25, -0.2) is 0 Å². The molecule has 0 fully saturated rings. The van der Waals surface area contributed by atoms with Crippen molar-refractivity contribution in [3.63, 3.8) is 0 Å². The fourth-order valence-electron chi connectivity index (χ4n) is 1.82. The van der Waals surface area contributed by atoms with Crippen LogP contribution in [0.1, 0.15) is 5.56 Å². The van der Waals surface area contributed by atoms with Crippen LogP contribution in [0.2, 0.25) is 0 Å². The summed E-state index contributed by atoms with van der Waals surface area (Å²) in [4.78, 5) is 0. The fourth-order valence-corrected chi connectivity index (χ4v) is 1.82. The molecule has 2 N–H and O–H groups in total. The van der Waals surface area contributed by atoms with Gasteiger partial charge in [0.1, 0.15) is 17.2 Å². The lowest BCUT2D eigenvalue weighted by molar-refractivity contribution is -0.0494. The van der Waals surface area contributed by atoms with Crippen molar-refractivity contribution in [2.75, 3.05) is 12.4 Å². The zero-order valence-corrected chi connectivity index (χ0v) is 11.3. The second kappa shape index (κ2) is 6.78. The minimum Gasteiger partial charge on any atom is -0.508 e. The molecule has 2 aromatic carbocycles. The van der Waals surface area contributed by atoms with E-state index >= 15 is 0 Å². The number of benzene rings is 2.